The van der Waals surface area contributed by atoms with E-state index >= 15 is 0 Å². The Kier molecular flexibility index (Phi) is 3.91. The van der Waals surface area contributed by atoms with E-state index in [1.165, 1.54) is 42.5 Å². The smallest absolute Gasteiger partial charge is 0.335 e. The van der Waals surface area contributed by atoms with Crippen molar-refractivity contribution in [2.24, 2.45) is 0 Å². The van der Waals surface area contributed by atoms with Crippen LogP contribution in [0.25, 0.3) is 0 Å². The van der Waals surface area contributed by atoms with Gasteiger partial charge in [-0.3, -0.25) is 4.79 Å². The monoisotopic (exact) mass is 291 g/mol. The van der Waals surface area contributed by atoms with E-state index in [0.29, 0.717) is 5.69 Å². The summed E-state index contributed by atoms with van der Waals surface area (Å²) in [4.78, 5) is 22.6. The zero-order valence-electron chi connectivity index (χ0n) is 10.1. The fraction of sp³-hybridized carbons (Fsp3) is 0. The summed E-state index contributed by atoms with van der Waals surface area (Å²) < 4.78 is 0. The normalized spacial score (nSPS) is 10.1. The quantitative estimate of drug-likeness (QED) is 0.811. The van der Waals surface area contributed by atoms with E-state index in [4.69, 9.17) is 16.7 Å². The third-order valence-corrected chi connectivity index (χ3v) is 2.90. The molecule has 0 saturated heterocycles. The van der Waals surface area contributed by atoms with E-state index in [-0.39, 0.29) is 21.9 Å². The number of carboxylic acids is 1. The van der Waals surface area contributed by atoms with Gasteiger partial charge in [0.05, 0.1) is 10.6 Å². The molecule has 2 aromatic carbocycles. The molecular formula is C14H10ClNO4. The number of phenols is 1. The van der Waals surface area contributed by atoms with Crippen LogP contribution in [0.2, 0.25) is 5.02 Å². The van der Waals surface area contributed by atoms with Gasteiger partial charge in [0, 0.05) is 11.3 Å². The number of aromatic carboxylic acids is 1. The zero-order valence-corrected chi connectivity index (χ0v) is 10.9. The lowest BCUT2D eigenvalue weighted by atomic mass is 10.1. The summed E-state index contributed by atoms with van der Waals surface area (Å²) >= 11 is 5.72. The van der Waals surface area contributed by atoms with Crippen molar-refractivity contribution in [2.75, 3.05) is 5.32 Å². The Hall–Kier alpha value is -2.53. The minimum Gasteiger partial charge on any atom is -0.506 e. The fourth-order valence-electron chi connectivity index (χ4n) is 1.55. The van der Waals surface area contributed by atoms with Crippen molar-refractivity contribution in [3.05, 3.63) is 58.6 Å². The molecule has 0 bridgehead atoms. The van der Waals surface area contributed by atoms with Gasteiger partial charge in [0.1, 0.15) is 5.75 Å². The SMILES string of the molecule is O=C(O)c1ccc(NC(=O)c2ccc(O)c(Cl)c2)cc1. The first-order chi connectivity index (χ1) is 9.47. The second kappa shape index (κ2) is 5.63. The van der Waals surface area contributed by atoms with Gasteiger partial charge in [-0.2, -0.15) is 0 Å². The summed E-state index contributed by atoms with van der Waals surface area (Å²) in [5, 5.41) is 20.7. The molecule has 2 rings (SSSR count). The third-order valence-electron chi connectivity index (χ3n) is 2.60. The van der Waals surface area contributed by atoms with Crippen LogP contribution in [0, 0.1) is 0 Å². The molecule has 0 fully saturated rings. The zero-order chi connectivity index (χ0) is 14.7. The molecule has 5 nitrogen and oxygen atoms in total. The van der Waals surface area contributed by atoms with Crippen LogP contribution < -0.4 is 5.32 Å². The Labute approximate surface area is 119 Å². The second-order valence-electron chi connectivity index (χ2n) is 4.00. The van der Waals surface area contributed by atoms with E-state index in [9.17, 15) is 14.7 Å². The Morgan fingerprint density at radius 1 is 1.00 bits per heavy atom. The van der Waals surface area contributed by atoms with Gasteiger partial charge in [0.25, 0.3) is 5.91 Å². The maximum Gasteiger partial charge on any atom is 0.335 e. The molecule has 0 aliphatic heterocycles. The topological polar surface area (TPSA) is 86.6 Å². The Morgan fingerprint density at radius 2 is 1.60 bits per heavy atom. The number of aromatic hydroxyl groups is 1. The number of benzene rings is 2. The van der Waals surface area contributed by atoms with Crippen LogP contribution in [0.5, 0.6) is 5.75 Å². The number of rotatable bonds is 3. The van der Waals surface area contributed by atoms with Crippen molar-refractivity contribution in [1.82, 2.24) is 0 Å². The minimum atomic E-state index is -1.03. The highest BCUT2D eigenvalue weighted by molar-refractivity contribution is 6.32. The molecule has 0 aliphatic carbocycles. The first kappa shape index (κ1) is 13.9. The van der Waals surface area contributed by atoms with Gasteiger partial charge in [0.15, 0.2) is 0 Å². The molecule has 0 aromatic heterocycles. The van der Waals surface area contributed by atoms with Crippen molar-refractivity contribution in [3.63, 3.8) is 0 Å². The average molecular weight is 292 g/mol. The number of phenolic OH excluding ortho intramolecular Hbond substituents is 1. The molecule has 0 atom stereocenters. The highest BCUT2D eigenvalue weighted by atomic mass is 35.5. The molecule has 0 saturated carbocycles. The van der Waals surface area contributed by atoms with Gasteiger partial charge >= 0.3 is 5.97 Å². The van der Waals surface area contributed by atoms with Crippen LogP contribution in [-0.2, 0) is 0 Å². The number of anilines is 1. The standard InChI is InChI=1S/C14H10ClNO4/c15-11-7-9(3-6-12(11)17)13(18)16-10-4-1-8(2-5-10)14(19)20/h1-7,17H,(H,16,18)(H,19,20). The fourth-order valence-corrected chi connectivity index (χ4v) is 1.73. The maximum atomic E-state index is 11.9. The number of hydrogen-bond acceptors (Lipinski definition) is 3. The third kappa shape index (κ3) is 3.07. The number of nitrogens with one attached hydrogen (secondary N) is 1. The Balaban J connectivity index is 2.14. The summed E-state index contributed by atoms with van der Waals surface area (Å²) in [7, 11) is 0. The van der Waals surface area contributed by atoms with Crippen molar-refractivity contribution in [3.8, 4) is 5.75 Å². The molecule has 1 amide bonds. The number of carbonyl (C=O) groups is 2. The molecule has 0 spiro atoms. The van der Waals surface area contributed by atoms with E-state index in [2.05, 4.69) is 5.32 Å². The van der Waals surface area contributed by atoms with E-state index in [1.54, 1.807) is 0 Å². The molecule has 102 valence electrons. The predicted octanol–water partition coefficient (Wildman–Crippen LogP) is 3.00. The second-order valence-corrected chi connectivity index (χ2v) is 4.41. The van der Waals surface area contributed by atoms with Crippen LogP contribution in [0.15, 0.2) is 42.5 Å². The lowest BCUT2D eigenvalue weighted by molar-refractivity contribution is 0.0696. The molecule has 20 heavy (non-hydrogen) atoms. The van der Waals surface area contributed by atoms with Crippen LogP contribution in [-0.4, -0.2) is 22.1 Å². The summed E-state index contributed by atoms with van der Waals surface area (Å²) in [5.41, 5.74) is 0.884. The number of hydrogen-bond donors (Lipinski definition) is 3. The van der Waals surface area contributed by atoms with Gasteiger partial charge < -0.3 is 15.5 Å². The van der Waals surface area contributed by atoms with Crippen LogP contribution in [0.3, 0.4) is 0 Å². The van der Waals surface area contributed by atoms with Crippen molar-refractivity contribution >= 4 is 29.2 Å². The summed E-state index contributed by atoms with van der Waals surface area (Å²) in [6.07, 6.45) is 0. The predicted molar refractivity (Wildman–Crippen MR) is 74.5 cm³/mol. The highest BCUT2D eigenvalue weighted by Crippen LogP contribution is 2.24. The summed E-state index contributed by atoms with van der Waals surface area (Å²) in [5.74, 6) is -1.54. The number of carboxylic acid groups (broad SMARTS) is 1. The van der Waals surface area contributed by atoms with Gasteiger partial charge in [-0.25, -0.2) is 4.79 Å². The molecule has 0 aliphatic rings. The maximum absolute atomic E-state index is 11.9. The largest absolute Gasteiger partial charge is 0.506 e. The van der Waals surface area contributed by atoms with Crippen molar-refractivity contribution in [1.29, 1.82) is 0 Å². The van der Waals surface area contributed by atoms with Crippen molar-refractivity contribution < 1.29 is 19.8 Å². The van der Waals surface area contributed by atoms with E-state index < -0.39 is 11.9 Å². The van der Waals surface area contributed by atoms with Crippen molar-refractivity contribution in [2.45, 2.75) is 0 Å². The lowest BCUT2D eigenvalue weighted by Crippen LogP contribution is -2.11. The summed E-state index contributed by atoms with van der Waals surface area (Å²) in [6, 6.07) is 9.86. The van der Waals surface area contributed by atoms with Gasteiger partial charge in [-0.1, -0.05) is 11.6 Å². The molecule has 2 aromatic rings. The molecule has 0 heterocycles. The van der Waals surface area contributed by atoms with Gasteiger partial charge in [-0.15, -0.1) is 0 Å². The Bertz CT molecular complexity index is 667. The molecule has 0 radical (unpaired) electrons. The number of halogens is 1. The van der Waals surface area contributed by atoms with Crippen LogP contribution in [0.4, 0.5) is 5.69 Å². The average Bonchev–Trinajstić information content (AvgIpc) is 2.42. The molecule has 3 N–H and O–H groups in total. The summed E-state index contributed by atoms with van der Waals surface area (Å²) in [6.45, 7) is 0. The molecule has 6 heteroatoms. The van der Waals surface area contributed by atoms with Gasteiger partial charge in [-0.05, 0) is 42.5 Å². The minimum absolute atomic E-state index is 0.0823. The number of carbonyl (C=O) groups excluding carboxylic acids is 1. The first-order valence-corrected chi connectivity index (χ1v) is 5.98. The molecular weight excluding hydrogens is 282 g/mol. The highest BCUT2D eigenvalue weighted by Gasteiger charge is 2.09. The van der Waals surface area contributed by atoms with E-state index in [1.807, 2.05) is 0 Å². The first-order valence-electron chi connectivity index (χ1n) is 5.60. The lowest BCUT2D eigenvalue weighted by Gasteiger charge is -2.06. The van der Waals surface area contributed by atoms with Crippen LogP contribution >= 0.6 is 11.6 Å². The molecule has 0 unspecified atom stereocenters. The Morgan fingerprint density at radius 3 is 2.15 bits per heavy atom. The van der Waals surface area contributed by atoms with Crippen LogP contribution in [0.1, 0.15) is 20.7 Å². The number of amides is 1. The van der Waals surface area contributed by atoms with E-state index in [0.717, 1.165) is 0 Å². The van der Waals surface area contributed by atoms with Gasteiger partial charge in [0.2, 0.25) is 0 Å².